The van der Waals surface area contributed by atoms with Gasteiger partial charge in [0.2, 0.25) is 0 Å². The van der Waals surface area contributed by atoms with Crippen LogP contribution in [-0.2, 0) is 11.3 Å². The molecule has 0 amide bonds. The van der Waals surface area contributed by atoms with Crippen LogP contribution < -0.4 is 4.74 Å². The third-order valence-electron chi connectivity index (χ3n) is 6.02. The summed E-state index contributed by atoms with van der Waals surface area (Å²) in [7, 11) is 0. The van der Waals surface area contributed by atoms with Crippen molar-refractivity contribution in [3.05, 3.63) is 45.4 Å². The number of ether oxygens (including phenoxy) is 2. The minimum Gasteiger partial charge on any atom is -0.493 e. The molecular weight excluding hydrogens is 362 g/mol. The molecule has 5 atom stereocenters. The Kier molecular flexibility index (Phi) is 5.50. The van der Waals surface area contributed by atoms with Crippen molar-refractivity contribution < 1.29 is 19.7 Å². The smallest absolute Gasteiger partial charge is 0.122 e. The Morgan fingerprint density at radius 2 is 2.11 bits per heavy atom. The second-order valence-corrected chi connectivity index (χ2v) is 8.65. The van der Waals surface area contributed by atoms with Gasteiger partial charge < -0.3 is 19.7 Å². The Hall–Kier alpha value is -1.47. The third kappa shape index (κ3) is 3.90. The summed E-state index contributed by atoms with van der Waals surface area (Å²) in [5, 5.41) is 22.6. The standard InChI is InChI=1S/C21H27NO4S/c1-12-3-4-15(7-13(12)2)25-10-17-16-5-6-19(26-20(16)8-18(17)24)21-22-14(9-23)11-27-21/h3-4,7,11,16-20,23-24H,5-6,8-10H2,1-2H3/t16-,17-,18-,19-,20+/m1/s1. The predicted molar refractivity (Wildman–Crippen MR) is 104 cm³/mol. The summed E-state index contributed by atoms with van der Waals surface area (Å²) in [5.41, 5.74) is 3.17. The molecule has 1 aromatic heterocycles. The first-order valence-corrected chi connectivity index (χ1v) is 10.5. The molecule has 0 bridgehead atoms. The fourth-order valence-corrected chi connectivity index (χ4v) is 5.16. The van der Waals surface area contributed by atoms with Crippen LogP contribution in [0, 0.1) is 25.7 Å². The molecule has 1 aromatic carbocycles. The number of aromatic nitrogens is 1. The summed E-state index contributed by atoms with van der Waals surface area (Å²) in [6.07, 6.45) is 2.18. The van der Waals surface area contributed by atoms with Crippen LogP contribution in [0.25, 0.3) is 0 Å². The molecule has 146 valence electrons. The van der Waals surface area contributed by atoms with Crippen molar-refractivity contribution in [2.24, 2.45) is 11.8 Å². The number of nitrogens with zero attached hydrogens (tertiary/aromatic N) is 1. The Balaban J connectivity index is 1.38. The predicted octanol–water partition coefficient (Wildman–Crippen LogP) is 3.55. The molecule has 1 aliphatic carbocycles. The van der Waals surface area contributed by atoms with Gasteiger partial charge >= 0.3 is 0 Å². The number of benzene rings is 1. The normalized spacial score (nSPS) is 30.3. The highest BCUT2D eigenvalue weighted by molar-refractivity contribution is 7.09. The van der Waals surface area contributed by atoms with Gasteiger partial charge in [0.05, 0.1) is 31.1 Å². The average molecular weight is 390 g/mol. The van der Waals surface area contributed by atoms with Crippen LogP contribution in [-0.4, -0.2) is 34.0 Å². The zero-order valence-electron chi connectivity index (χ0n) is 15.8. The van der Waals surface area contributed by atoms with Gasteiger partial charge in [-0.3, -0.25) is 0 Å². The van der Waals surface area contributed by atoms with Crippen LogP contribution >= 0.6 is 11.3 Å². The molecule has 1 saturated heterocycles. The van der Waals surface area contributed by atoms with Crippen molar-refractivity contribution in [1.29, 1.82) is 0 Å². The number of hydrogen-bond acceptors (Lipinski definition) is 6. The number of aliphatic hydroxyl groups excluding tert-OH is 2. The molecule has 2 aromatic rings. The van der Waals surface area contributed by atoms with Gasteiger partial charge in [-0.2, -0.15) is 0 Å². The van der Waals surface area contributed by atoms with Crippen molar-refractivity contribution in [2.75, 3.05) is 6.61 Å². The van der Waals surface area contributed by atoms with Gasteiger partial charge in [-0.15, -0.1) is 11.3 Å². The fourth-order valence-electron chi connectivity index (χ4n) is 4.28. The molecule has 2 heterocycles. The lowest BCUT2D eigenvalue weighted by atomic mass is 9.87. The maximum Gasteiger partial charge on any atom is 0.122 e. The summed E-state index contributed by atoms with van der Waals surface area (Å²) in [4.78, 5) is 4.45. The lowest BCUT2D eigenvalue weighted by Crippen LogP contribution is -2.33. The number of rotatable bonds is 5. The van der Waals surface area contributed by atoms with E-state index in [9.17, 15) is 10.2 Å². The van der Waals surface area contributed by atoms with E-state index in [1.54, 1.807) is 11.3 Å². The Morgan fingerprint density at radius 3 is 2.85 bits per heavy atom. The maximum absolute atomic E-state index is 10.6. The highest BCUT2D eigenvalue weighted by atomic mass is 32.1. The fraction of sp³-hybridized carbons (Fsp3) is 0.571. The summed E-state index contributed by atoms with van der Waals surface area (Å²) in [6.45, 7) is 4.65. The lowest BCUT2D eigenvalue weighted by Gasteiger charge is -2.33. The number of hydrogen-bond donors (Lipinski definition) is 2. The van der Waals surface area contributed by atoms with Crippen LogP contribution in [0.3, 0.4) is 0 Å². The zero-order valence-corrected chi connectivity index (χ0v) is 16.6. The number of aryl methyl sites for hydroxylation is 2. The van der Waals surface area contributed by atoms with Crippen molar-refractivity contribution in [3.63, 3.8) is 0 Å². The van der Waals surface area contributed by atoms with E-state index in [0.717, 1.165) is 23.6 Å². The van der Waals surface area contributed by atoms with Crippen LogP contribution in [0.1, 0.15) is 47.2 Å². The van der Waals surface area contributed by atoms with Crippen molar-refractivity contribution >= 4 is 11.3 Å². The number of thiazole rings is 1. The van der Waals surface area contributed by atoms with Crippen molar-refractivity contribution in [2.45, 2.75) is 58.0 Å². The van der Waals surface area contributed by atoms with E-state index in [0.29, 0.717) is 24.6 Å². The first-order valence-electron chi connectivity index (χ1n) is 9.64. The molecule has 0 radical (unpaired) electrons. The summed E-state index contributed by atoms with van der Waals surface area (Å²) in [6, 6.07) is 6.13. The van der Waals surface area contributed by atoms with Crippen molar-refractivity contribution in [1.82, 2.24) is 4.98 Å². The monoisotopic (exact) mass is 389 g/mol. The van der Waals surface area contributed by atoms with Gasteiger partial charge in [-0.25, -0.2) is 4.98 Å². The Morgan fingerprint density at radius 1 is 1.26 bits per heavy atom. The first-order chi connectivity index (χ1) is 13.0. The maximum atomic E-state index is 10.6. The molecule has 5 nitrogen and oxygen atoms in total. The Labute approximate surface area is 164 Å². The number of aliphatic hydroxyl groups is 2. The molecule has 2 N–H and O–H groups in total. The molecule has 2 aliphatic rings. The van der Waals surface area contributed by atoms with E-state index in [1.807, 2.05) is 11.4 Å². The van der Waals surface area contributed by atoms with E-state index in [1.165, 1.54) is 11.1 Å². The lowest BCUT2D eigenvalue weighted by molar-refractivity contribution is -0.0812. The molecule has 1 saturated carbocycles. The molecular formula is C21H27NO4S. The second-order valence-electron chi connectivity index (χ2n) is 7.76. The van der Waals surface area contributed by atoms with E-state index in [-0.39, 0.29) is 24.7 Å². The molecule has 27 heavy (non-hydrogen) atoms. The van der Waals surface area contributed by atoms with Gasteiger partial charge in [0, 0.05) is 17.7 Å². The average Bonchev–Trinajstić information content (AvgIpc) is 3.26. The van der Waals surface area contributed by atoms with E-state index < -0.39 is 6.10 Å². The number of fused-ring (bicyclic) bond motifs is 1. The van der Waals surface area contributed by atoms with Gasteiger partial charge in [0.15, 0.2) is 0 Å². The van der Waals surface area contributed by atoms with Gasteiger partial charge in [0.1, 0.15) is 16.9 Å². The summed E-state index contributed by atoms with van der Waals surface area (Å²) < 4.78 is 12.3. The SMILES string of the molecule is Cc1ccc(OC[C@@H]2[C@H]3CC[C@H](c4nc(CO)cs4)O[C@H]3C[C@H]2O)cc1C. The van der Waals surface area contributed by atoms with Crippen LogP contribution in [0.2, 0.25) is 0 Å². The van der Waals surface area contributed by atoms with Crippen LogP contribution in [0.4, 0.5) is 0 Å². The molecule has 2 fully saturated rings. The Bertz CT molecular complexity index is 792. The third-order valence-corrected chi connectivity index (χ3v) is 7.01. The quantitative estimate of drug-likeness (QED) is 0.818. The topological polar surface area (TPSA) is 71.8 Å². The van der Waals surface area contributed by atoms with Crippen LogP contribution in [0.5, 0.6) is 5.75 Å². The summed E-state index contributed by atoms with van der Waals surface area (Å²) in [5.74, 6) is 1.28. The molecule has 6 heteroatoms. The van der Waals surface area contributed by atoms with Crippen molar-refractivity contribution in [3.8, 4) is 5.75 Å². The van der Waals surface area contributed by atoms with E-state index in [4.69, 9.17) is 9.47 Å². The highest BCUT2D eigenvalue weighted by Gasteiger charge is 2.47. The minimum absolute atomic E-state index is 0.0248. The van der Waals surface area contributed by atoms with Gasteiger partial charge in [0.25, 0.3) is 0 Å². The first kappa shape index (κ1) is 18.9. The minimum atomic E-state index is -0.394. The van der Waals surface area contributed by atoms with E-state index >= 15 is 0 Å². The van der Waals surface area contributed by atoms with Gasteiger partial charge in [-0.05, 0) is 55.9 Å². The van der Waals surface area contributed by atoms with Crippen LogP contribution in [0.15, 0.2) is 23.6 Å². The molecule has 0 spiro atoms. The molecule has 0 unspecified atom stereocenters. The largest absolute Gasteiger partial charge is 0.493 e. The van der Waals surface area contributed by atoms with E-state index in [2.05, 4.69) is 31.0 Å². The second kappa shape index (κ2) is 7.87. The molecule has 4 rings (SSSR count). The zero-order chi connectivity index (χ0) is 19.0. The van der Waals surface area contributed by atoms with Gasteiger partial charge in [-0.1, -0.05) is 6.07 Å². The highest BCUT2D eigenvalue weighted by Crippen LogP contribution is 2.46. The summed E-state index contributed by atoms with van der Waals surface area (Å²) >= 11 is 1.54. The molecule has 1 aliphatic heterocycles.